The number of hydrogen-bond donors (Lipinski definition) is 0. The molecule has 3 nitrogen and oxygen atoms in total. The Hall–Kier alpha value is -1.97. The summed E-state index contributed by atoms with van der Waals surface area (Å²) < 4.78 is 17.6. The fraction of sp³-hybridized carbons (Fsp3) is 0.0909. The molecule has 0 atom stereocenters. The van der Waals surface area contributed by atoms with Crippen LogP contribution in [0, 0.1) is 5.82 Å². The van der Waals surface area contributed by atoms with Gasteiger partial charge in [0, 0.05) is 11.6 Å². The van der Waals surface area contributed by atoms with Gasteiger partial charge < -0.3 is 9.32 Å². The third-order valence-corrected chi connectivity index (χ3v) is 1.98. The molecule has 0 saturated carbocycles. The molecule has 0 aliphatic heterocycles. The van der Waals surface area contributed by atoms with Gasteiger partial charge in [0.2, 0.25) is 0 Å². The molecular weight excluding hydrogens is 197 g/mol. The Labute approximate surface area is 85.5 Å². The second-order valence-corrected chi connectivity index (χ2v) is 3.06. The molecule has 1 aromatic carbocycles. The number of carbonyl (C=O) groups is 1. The Balaban J connectivity index is 2.28. The Morgan fingerprint density at radius 1 is 1.33 bits per heavy atom. The molecule has 0 aliphatic carbocycles. The van der Waals surface area contributed by atoms with E-state index in [1.165, 1.54) is 12.1 Å². The molecule has 0 radical (unpaired) electrons. The van der Waals surface area contributed by atoms with Gasteiger partial charge >= 0.3 is 0 Å². The van der Waals surface area contributed by atoms with E-state index < -0.39 is 0 Å². The number of nitrogens with zero attached hydrogens (tertiary/aromatic N) is 1. The third-order valence-electron chi connectivity index (χ3n) is 1.98. The molecule has 0 saturated heterocycles. The van der Waals surface area contributed by atoms with E-state index in [0.29, 0.717) is 11.5 Å². The van der Waals surface area contributed by atoms with E-state index >= 15 is 0 Å². The molecule has 0 N–H and O–H groups in total. The molecule has 0 fully saturated rings. The molecular formula is C11H8FNO2. The van der Waals surface area contributed by atoms with Gasteiger partial charge in [0.05, 0.1) is 6.42 Å². The summed E-state index contributed by atoms with van der Waals surface area (Å²) in [5, 5.41) is 3.78. The Morgan fingerprint density at radius 3 is 2.73 bits per heavy atom. The molecule has 2 rings (SSSR count). The summed E-state index contributed by atoms with van der Waals surface area (Å²) in [6, 6.07) is 7.59. The smallest absolute Gasteiger partial charge is 0.144 e. The van der Waals surface area contributed by atoms with Crippen LogP contribution in [0.4, 0.5) is 4.39 Å². The number of hydrogen-bond acceptors (Lipinski definition) is 3. The van der Waals surface area contributed by atoms with Gasteiger partial charge in [-0.25, -0.2) is 4.39 Å². The maximum absolute atomic E-state index is 12.6. The van der Waals surface area contributed by atoms with Gasteiger partial charge in [-0.3, -0.25) is 0 Å². The summed E-state index contributed by atoms with van der Waals surface area (Å²) >= 11 is 0. The molecule has 0 amide bonds. The number of aromatic nitrogens is 1. The van der Waals surface area contributed by atoms with Crippen LogP contribution in [0.15, 0.2) is 34.9 Å². The summed E-state index contributed by atoms with van der Waals surface area (Å²) in [4.78, 5) is 10.2. The molecule has 0 bridgehead atoms. The van der Waals surface area contributed by atoms with Crippen molar-refractivity contribution in [2.45, 2.75) is 6.42 Å². The largest absolute Gasteiger partial charge is 0.360 e. The van der Waals surface area contributed by atoms with E-state index in [1.54, 1.807) is 18.2 Å². The van der Waals surface area contributed by atoms with Crippen molar-refractivity contribution >= 4 is 6.29 Å². The van der Waals surface area contributed by atoms with Crippen molar-refractivity contribution < 1.29 is 13.7 Å². The standard InChI is InChI=1S/C11H8FNO2/c12-9-3-1-8(2-4-9)11-7-10(5-6-14)15-13-11/h1-4,6-7H,5H2. The second-order valence-electron chi connectivity index (χ2n) is 3.06. The molecule has 0 unspecified atom stereocenters. The van der Waals surface area contributed by atoms with Gasteiger partial charge in [-0.2, -0.15) is 0 Å². The molecule has 4 heteroatoms. The number of halogens is 1. The highest BCUT2D eigenvalue weighted by atomic mass is 19.1. The highest BCUT2D eigenvalue weighted by Gasteiger charge is 2.05. The van der Waals surface area contributed by atoms with E-state index in [4.69, 9.17) is 4.52 Å². The molecule has 1 heterocycles. The quantitative estimate of drug-likeness (QED) is 0.721. The van der Waals surface area contributed by atoms with Gasteiger partial charge in [-0.15, -0.1) is 0 Å². The predicted octanol–water partition coefficient (Wildman–Crippen LogP) is 2.22. The lowest BCUT2D eigenvalue weighted by molar-refractivity contribution is -0.107. The fourth-order valence-electron chi connectivity index (χ4n) is 1.25. The highest BCUT2D eigenvalue weighted by molar-refractivity contribution is 5.60. The summed E-state index contributed by atoms with van der Waals surface area (Å²) in [6.45, 7) is 0. The average molecular weight is 205 g/mol. The van der Waals surface area contributed by atoms with Crippen molar-refractivity contribution in [3.63, 3.8) is 0 Å². The normalized spacial score (nSPS) is 10.2. The van der Waals surface area contributed by atoms with Crippen molar-refractivity contribution in [1.82, 2.24) is 5.16 Å². The van der Waals surface area contributed by atoms with Gasteiger partial charge in [0.15, 0.2) is 0 Å². The summed E-state index contributed by atoms with van der Waals surface area (Å²) in [6.07, 6.45) is 0.948. The van der Waals surface area contributed by atoms with Crippen molar-refractivity contribution in [1.29, 1.82) is 0 Å². The summed E-state index contributed by atoms with van der Waals surface area (Å²) in [7, 11) is 0. The fourth-order valence-corrected chi connectivity index (χ4v) is 1.25. The first kappa shape index (κ1) is 9.58. The van der Waals surface area contributed by atoms with Gasteiger partial charge in [0.1, 0.15) is 23.6 Å². The van der Waals surface area contributed by atoms with Crippen molar-refractivity contribution in [2.24, 2.45) is 0 Å². The maximum Gasteiger partial charge on any atom is 0.144 e. The first-order valence-electron chi connectivity index (χ1n) is 4.45. The van der Waals surface area contributed by atoms with Gasteiger partial charge in [-0.1, -0.05) is 5.16 Å². The summed E-state index contributed by atoms with van der Waals surface area (Å²) in [5.41, 5.74) is 1.36. The van der Waals surface area contributed by atoms with Crippen LogP contribution in [0.3, 0.4) is 0 Å². The minimum absolute atomic E-state index is 0.203. The Kier molecular flexibility index (Phi) is 2.58. The minimum Gasteiger partial charge on any atom is -0.360 e. The maximum atomic E-state index is 12.6. The van der Waals surface area contributed by atoms with Crippen molar-refractivity contribution in [2.75, 3.05) is 0 Å². The monoisotopic (exact) mass is 205 g/mol. The number of rotatable bonds is 3. The number of aldehydes is 1. The molecule has 2 aromatic rings. The zero-order valence-electron chi connectivity index (χ0n) is 7.81. The Bertz CT molecular complexity index is 462. The SMILES string of the molecule is O=CCc1cc(-c2ccc(F)cc2)no1. The first-order valence-corrected chi connectivity index (χ1v) is 4.45. The summed E-state index contributed by atoms with van der Waals surface area (Å²) in [5.74, 6) is 0.208. The Morgan fingerprint density at radius 2 is 2.07 bits per heavy atom. The second kappa shape index (κ2) is 4.04. The first-order chi connectivity index (χ1) is 7.29. The van der Waals surface area contributed by atoms with Gasteiger partial charge in [-0.05, 0) is 24.3 Å². The van der Waals surface area contributed by atoms with Crippen LogP contribution in [0.1, 0.15) is 5.76 Å². The number of carbonyl (C=O) groups excluding carboxylic acids is 1. The zero-order valence-corrected chi connectivity index (χ0v) is 7.81. The molecule has 1 aromatic heterocycles. The predicted molar refractivity (Wildman–Crippen MR) is 51.7 cm³/mol. The average Bonchev–Trinajstić information content (AvgIpc) is 2.68. The van der Waals surface area contributed by atoms with Crippen LogP contribution in [0.25, 0.3) is 11.3 Å². The number of benzene rings is 1. The van der Waals surface area contributed by atoms with Crippen LogP contribution in [-0.2, 0) is 11.2 Å². The molecule has 0 spiro atoms. The van der Waals surface area contributed by atoms with Crippen LogP contribution in [0.5, 0.6) is 0 Å². The lowest BCUT2D eigenvalue weighted by Gasteiger charge is -1.93. The highest BCUT2D eigenvalue weighted by Crippen LogP contribution is 2.19. The molecule has 15 heavy (non-hydrogen) atoms. The lowest BCUT2D eigenvalue weighted by Crippen LogP contribution is -1.80. The molecule has 76 valence electrons. The van der Waals surface area contributed by atoms with Crippen molar-refractivity contribution in [3.8, 4) is 11.3 Å². The van der Waals surface area contributed by atoms with Crippen LogP contribution < -0.4 is 0 Å². The third kappa shape index (κ3) is 2.10. The topological polar surface area (TPSA) is 43.1 Å². The van der Waals surface area contributed by atoms with E-state index in [1.807, 2.05) is 0 Å². The van der Waals surface area contributed by atoms with E-state index in [9.17, 15) is 9.18 Å². The van der Waals surface area contributed by atoms with E-state index in [0.717, 1.165) is 11.8 Å². The van der Waals surface area contributed by atoms with Crippen LogP contribution in [0.2, 0.25) is 0 Å². The van der Waals surface area contributed by atoms with Crippen LogP contribution in [-0.4, -0.2) is 11.4 Å². The zero-order chi connectivity index (χ0) is 10.7. The van der Waals surface area contributed by atoms with Crippen LogP contribution >= 0.6 is 0 Å². The van der Waals surface area contributed by atoms with Gasteiger partial charge in [0.25, 0.3) is 0 Å². The minimum atomic E-state index is -0.296. The van der Waals surface area contributed by atoms with Crippen molar-refractivity contribution in [3.05, 3.63) is 41.9 Å². The van der Waals surface area contributed by atoms with E-state index in [2.05, 4.69) is 5.16 Å². The van der Waals surface area contributed by atoms with E-state index in [-0.39, 0.29) is 12.2 Å². The molecule has 0 aliphatic rings. The lowest BCUT2D eigenvalue weighted by atomic mass is 10.1.